The number of carbonyl (C=O) groups is 2. The first-order valence-corrected chi connectivity index (χ1v) is 12.7. The molecule has 35 heavy (non-hydrogen) atoms. The van der Waals surface area contributed by atoms with Crippen molar-refractivity contribution in [3.8, 4) is 5.75 Å². The summed E-state index contributed by atoms with van der Waals surface area (Å²) in [5.74, 6) is 0.119. The number of para-hydroxylation sites is 1. The molecule has 0 saturated carbocycles. The van der Waals surface area contributed by atoms with Crippen molar-refractivity contribution in [1.29, 1.82) is 0 Å². The van der Waals surface area contributed by atoms with E-state index in [-0.39, 0.29) is 18.2 Å². The fourth-order valence-corrected chi connectivity index (χ4v) is 5.35. The quantitative estimate of drug-likeness (QED) is 0.323. The number of amides is 2. The molecule has 1 aliphatic rings. The molecule has 0 bridgehead atoms. The lowest BCUT2D eigenvalue weighted by atomic mass is 10.1. The summed E-state index contributed by atoms with van der Waals surface area (Å²) < 4.78 is 6.53. The largest absolute Gasteiger partial charge is 0.494 e. The average molecular weight is 486 g/mol. The summed E-state index contributed by atoms with van der Waals surface area (Å²) in [4.78, 5) is 35.0. The maximum atomic E-state index is 13.9. The van der Waals surface area contributed by atoms with Crippen LogP contribution in [0.3, 0.4) is 0 Å². The zero-order valence-electron chi connectivity index (χ0n) is 19.8. The van der Waals surface area contributed by atoms with Gasteiger partial charge in [0.25, 0.3) is 0 Å². The number of aryl methyl sites for hydroxylation is 1. The second-order valence-electron chi connectivity index (χ2n) is 8.49. The zero-order valence-corrected chi connectivity index (χ0v) is 20.6. The molecule has 178 valence electrons. The Bertz CT molecular complexity index is 1320. The third-order valence-corrected chi connectivity index (χ3v) is 7.25. The lowest BCUT2D eigenvalue weighted by molar-refractivity contribution is -0.123. The standard InChI is InChI=1S/C28H27N3O3S/c1-3-19-9-11-22(12-10-19)31(28-29-24-7-5-6-8-25(24)35-28)27(33)20-17-26(32)30(18-20)21-13-15-23(16-14-21)34-4-2/h5-16,20H,3-4,17-18H2,1-2H3/t20-/m1/s1. The number of hydrogen-bond acceptors (Lipinski definition) is 5. The number of rotatable bonds is 7. The van der Waals surface area contributed by atoms with E-state index in [1.165, 1.54) is 16.9 Å². The van der Waals surface area contributed by atoms with E-state index in [4.69, 9.17) is 9.72 Å². The van der Waals surface area contributed by atoms with Crippen molar-refractivity contribution < 1.29 is 14.3 Å². The Hall–Kier alpha value is -3.71. The molecule has 1 aromatic heterocycles. The number of hydrogen-bond donors (Lipinski definition) is 0. The van der Waals surface area contributed by atoms with Crippen LogP contribution in [0.4, 0.5) is 16.5 Å². The number of ether oxygens (including phenoxy) is 1. The molecule has 1 saturated heterocycles. The molecule has 1 aliphatic heterocycles. The second-order valence-corrected chi connectivity index (χ2v) is 9.50. The van der Waals surface area contributed by atoms with E-state index in [2.05, 4.69) is 6.92 Å². The Labute approximate surface area is 208 Å². The van der Waals surface area contributed by atoms with Crippen molar-refractivity contribution in [2.45, 2.75) is 26.7 Å². The van der Waals surface area contributed by atoms with Crippen molar-refractivity contribution >= 4 is 49.9 Å². The van der Waals surface area contributed by atoms with Gasteiger partial charge in [-0.3, -0.25) is 14.5 Å². The molecule has 0 aliphatic carbocycles. The van der Waals surface area contributed by atoms with Crippen molar-refractivity contribution in [2.24, 2.45) is 5.92 Å². The molecule has 2 amide bonds. The van der Waals surface area contributed by atoms with Crippen molar-refractivity contribution in [1.82, 2.24) is 4.98 Å². The molecule has 5 rings (SSSR count). The third-order valence-electron chi connectivity index (χ3n) is 6.23. The Morgan fingerprint density at radius 3 is 2.49 bits per heavy atom. The van der Waals surface area contributed by atoms with Crippen LogP contribution in [0.25, 0.3) is 10.2 Å². The van der Waals surface area contributed by atoms with Gasteiger partial charge in [-0.1, -0.05) is 42.5 Å². The molecular weight excluding hydrogens is 458 g/mol. The van der Waals surface area contributed by atoms with Crippen molar-refractivity contribution in [2.75, 3.05) is 23.0 Å². The Morgan fingerprint density at radius 1 is 1.06 bits per heavy atom. The number of aromatic nitrogens is 1. The van der Waals surface area contributed by atoms with Gasteiger partial charge >= 0.3 is 0 Å². The topological polar surface area (TPSA) is 62.7 Å². The lowest BCUT2D eigenvalue weighted by Gasteiger charge is -2.24. The van der Waals surface area contributed by atoms with Gasteiger partial charge in [0.15, 0.2) is 5.13 Å². The van der Waals surface area contributed by atoms with E-state index < -0.39 is 5.92 Å². The molecular formula is C28H27N3O3S. The SMILES string of the molecule is CCOc1ccc(N2C[C@H](C(=O)N(c3ccc(CC)cc3)c3nc4ccccc4s3)CC2=O)cc1. The summed E-state index contributed by atoms with van der Waals surface area (Å²) >= 11 is 1.48. The zero-order chi connectivity index (χ0) is 24.4. The van der Waals surface area contributed by atoms with Crippen LogP contribution in [-0.4, -0.2) is 29.9 Å². The molecule has 0 radical (unpaired) electrons. The first kappa shape index (κ1) is 23.1. The molecule has 2 heterocycles. The van der Waals surface area contributed by atoms with E-state index >= 15 is 0 Å². The molecule has 4 aromatic rings. The first-order chi connectivity index (χ1) is 17.1. The van der Waals surface area contributed by atoms with Gasteiger partial charge in [0.1, 0.15) is 5.75 Å². The van der Waals surface area contributed by atoms with Crippen molar-refractivity contribution in [3.63, 3.8) is 0 Å². The summed E-state index contributed by atoms with van der Waals surface area (Å²) in [6, 6.07) is 23.3. The summed E-state index contributed by atoms with van der Waals surface area (Å²) in [5.41, 5.74) is 3.59. The minimum absolute atomic E-state index is 0.0573. The number of carbonyl (C=O) groups excluding carboxylic acids is 2. The smallest absolute Gasteiger partial charge is 0.238 e. The van der Waals surface area contributed by atoms with Gasteiger partial charge in [-0.15, -0.1) is 0 Å². The average Bonchev–Trinajstić information content (AvgIpc) is 3.49. The number of thiazole rings is 1. The predicted molar refractivity (Wildman–Crippen MR) is 141 cm³/mol. The third kappa shape index (κ3) is 4.64. The van der Waals surface area contributed by atoms with Crippen LogP contribution in [0, 0.1) is 5.92 Å². The van der Waals surface area contributed by atoms with Crippen LogP contribution in [0.5, 0.6) is 5.75 Å². The van der Waals surface area contributed by atoms with Gasteiger partial charge in [-0.05, 0) is 67.4 Å². The summed E-state index contributed by atoms with van der Waals surface area (Å²) in [6.45, 7) is 4.95. The maximum absolute atomic E-state index is 13.9. The second kappa shape index (κ2) is 9.88. The van der Waals surface area contributed by atoms with Crippen LogP contribution >= 0.6 is 11.3 Å². The molecule has 6 nitrogen and oxygen atoms in total. The maximum Gasteiger partial charge on any atom is 0.238 e. The van der Waals surface area contributed by atoms with Crippen LogP contribution in [0.2, 0.25) is 0 Å². The van der Waals surface area contributed by atoms with Crippen LogP contribution in [-0.2, 0) is 16.0 Å². The van der Waals surface area contributed by atoms with E-state index in [0.717, 1.165) is 33.8 Å². The van der Waals surface area contributed by atoms with E-state index in [0.29, 0.717) is 18.3 Å². The normalized spacial score (nSPS) is 15.5. The minimum atomic E-state index is -0.466. The summed E-state index contributed by atoms with van der Waals surface area (Å²) in [6.07, 6.45) is 1.09. The molecule has 1 atom stereocenters. The van der Waals surface area contributed by atoms with Gasteiger partial charge in [0, 0.05) is 18.7 Å². The molecule has 0 N–H and O–H groups in total. The molecule has 3 aromatic carbocycles. The van der Waals surface area contributed by atoms with Crippen LogP contribution in [0.1, 0.15) is 25.8 Å². The Morgan fingerprint density at radius 2 is 1.80 bits per heavy atom. The number of fused-ring (bicyclic) bond motifs is 1. The molecule has 1 fully saturated rings. The minimum Gasteiger partial charge on any atom is -0.494 e. The lowest BCUT2D eigenvalue weighted by Crippen LogP contribution is -2.34. The highest BCUT2D eigenvalue weighted by Crippen LogP contribution is 2.37. The number of anilines is 3. The Balaban J connectivity index is 1.45. The van der Waals surface area contributed by atoms with Gasteiger partial charge in [-0.2, -0.15) is 0 Å². The number of nitrogens with zero attached hydrogens (tertiary/aromatic N) is 3. The van der Waals surface area contributed by atoms with Gasteiger partial charge in [0.05, 0.1) is 28.4 Å². The highest BCUT2D eigenvalue weighted by atomic mass is 32.1. The van der Waals surface area contributed by atoms with Gasteiger partial charge < -0.3 is 9.64 Å². The van der Waals surface area contributed by atoms with E-state index in [9.17, 15) is 9.59 Å². The molecule has 7 heteroatoms. The summed E-state index contributed by atoms with van der Waals surface area (Å²) in [5, 5.41) is 0.618. The van der Waals surface area contributed by atoms with E-state index in [1.807, 2.05) is 79.7 Å². The fraction of sp³-hybridized carbons (Fsp3) is 0.250. The monoisotopic (exact) mass is 485 g/mol. The predicted octanol–water partition coefficient (Wildman–Crippen LogP) is 5.98. The van der Waals surface area contributed by atoms with Crippen LogP contribution in [0.15, 0.2) is 72.8 Å². The molecule has 0 unspecified atom stereocenters. The van der Waals surface area contributed by atoms with Crippen molar-refractivity contribution in [3.05, 3.63) is 78.4 Å². The highest BCUT2D eigenvalue weighted by molar-refractivity contribution is 7.22. The first-order valence-electron chi connectivity index (χ1n) is 11.9. The number of benzene rings is 3. The van der Waals surface area contributed by atoms with Gasteiger partial charge in [0.2, 0.25) is 11.8 Å². The van der Waals surface area contributed by atoms with Gasteiger partial charge in [-0.25, -0.2) is 4.98 Å². The summed E-state index contributed by atoms with van der Waals surface area (Å²) in [7, 11) is 0. The Kier molecular flexibility index (Phi) is 6.51. The van der Waals surface area contributed by atoms with E-state index in [1.54, 1.807) is 9.80 Å². The fourth-order valence-electron chi connectivity index (χ4n) is 4.36. The van der Waals surface area contributed by atoms with Crippen LogP contribution < -0.4 is 14.5 Å². The molecule has 0 spiro atoms. The highest BCUT2D eigenvalue weighted by Gasteiger charge is 2.39.